The number of esters is 2. The fraction of sp³-hybridized carbons (Fsp3) is 0.485. The number of nitrogens with zero attached hydrogens (tertiary/aromatic N) is 1. The number of carbonyl (C=O) groups excluding carboxylic acids is 3. The Morgan fingerprint density at radius 1 is 1.16 bits per heavy atom. The van der Waals surface area contributed by atoms with E-state index in [0.29, 0.717) is 24.9 Å². The van der Waals surface area contributed by atoms with E-state index >= 15 is 0 Å². The Bertz CT molecular complexity index is 1530. The summed E-state index contributed by atoms with van der Waals surface area (Å²) in [6, 6.07) is 9.98. The lowest BCUT2D eigenvalue weighted by molar-refractivity contribution is -0.170. The van der Waals surface area contributed by atoms with Gasteiger partial charge in [-0.05, 0) is 70.5 Å². The van der Waals surface area contributed by atoms with E-state index in [2.05, 4.69) is 10.2 Å². The van der Waals surface area contributed by atoms with Crippen molar-refractivity contribution in [1.29, 1.82) is 0 Å². The molecule has 2 heterocycles. The maximum absolute atomic E-state index is 13.4. The summed E-state index contributed by atoms with van der Waals surface area (Å²) in [5.41, 5.74) is -1.04. The smallest absolute Gasteiger partial charge is 0.329 e. The van der Waals surface area contributed by atoms with Gasteiger partial charge in [0.15, 0.2) is 23.7 Å². The average molecular weight is 607 g/mol. The summed E-state index contributed by atoms with van der Waals surface area (Å²) < 4.78 is 17.6. The number of ether oxygens (including phenoxy) is 3. The third kappa shape index (κ3) is 4.74. The summed E-state index contributed by atoms with van der Waals surface area (Å²) in [5, 5.41) is 36.0. The Labute approximate surface area is 255 Å². The van der Waals surface area contributed by atoms with Gasteiger partial charge in [-0.3, -0.25) is 9.59 Å². The van der Waals surface area contributed by atoms with Crippen LogP contribution in [0.3, 0.4) is 0 Å². The lowest BCUT2D eigenvalue weighted by atomic mass is 9.50. The monoisotopic (exact) mass is 606 g/mol. The first-order valence-electron chi connectivity index (χ1n) is 14.9. The molecule has 2 unspecified atom stereocenters. The molecule has 4 N–H and O–H groups in total. The van der Waals surface area contributed by atoms with Crippen molar-refractivity contribution in [2.45, 2.75) is 87.4 Å². The molecule has 2 aliphatic carbocycles. The number of phenolic OH excluding ortho intramolecular Hbond substituents is 1. The van der Waals surface area contributed by atoms with Crippen LogP contribution in [0.2, 0.25) is 0 Å². The van der Waals surface area contributed by atoms with E-state index in [1.165, 1.54) is 0 Å². The van der Waals surface area contributed by atoms with Crippen LogP contribution in [0.25, 0.3) is 0 Å². The van der Waals surface area contributed by atoms with Gasteiger partial charge in [0.1, 0.15) is 17.4 Å². The number of piperidine rings is 1. The summed E-state index contributed by atoms with van der Waals surface area (Å²) in [5.74, 6) is -2.18. The number of aliphatic hydroxyl groups excluding tert-OH is 1. The summed E-state index contributed by atoms with van der Waals surface area (Å²) in [7, 11) is 1.98. The number of nitrogens with one attached hydrogen (secondary N) is 1. The van der Waals surface area contributed by atoms with Crippen LogP contribution in [0, 0.1) is 0 Å². The zero-order valence-corrected chi connectivity index (χ0v) is 25.2. The van der Waals surface area contributed by atoms with Crippen molar-refractivity contribution in [2.24, 2.45) is 0 Å². The second-order valence-corrected chi connectivity index (χ2v) is 13.2. The Morgan fingerprint density at radius 3 is 2.59 bits per heavy atom. The van der Waals surface area contributed by atoms with Gasteiger partial charge in [-0.2, -0.15) is 0 Å². The third-order valence-corrected chi connectivity index (χ3v) is 9.33. The number of likely N-dealkylation sites (tertiary alicyclic amines) is 1. The van der Waals surface area contributed by atoms with E-state index in [1.807, 2.05) is 13.1 Å². The van der Waals surface area contributed by atoms with Gasteiger partial charge in [0.25, 0.3) is 5.91 Å². The number of benzene rings is 2. The molecule has 1 fully saturated rings. The van der Waals surface area contributed by atoms with Gasteiger partial charge in [-0.15, -0.1) is 0 Å². The third-order valence-electron chi connectivity index (χ3n) is 9.33. The number of rotatable bonds is 7. The normalized spacial score (nSPS) is 28.1. The van der Waals surface area contributed by atoms with Crippen LogP contribution in [-0.2, 0) is 35.7 Å². The molecule has 1 amide bonds. The van der Waals surface area contributed by atoms with Crippen molar-refractivity contribution in [3.05, 3.63) is 71.0 Å². The molecular formula is C33H38N2O9. The van der Waals surface area contributed by atoms with Crippen molar-refractivity contribution in [1.82, 2.24) is 10.2 Å². The molecule has 2 aromatic carbocycles. The molecule has 2 aromatic rings. The first kappa shape index (κ1) is 30.1. The van der Waals surface area contributed by atoms with Crippen molar-refractivity contribution in [3.63, 3.8) is 0 Å². The van der Waals surface area contributed by atoms with Gasteiger partial charge in [-0.25, -0.2) is 4.79 Å². The van der Waals surface area contributed by atoms with E-state index < -0.39 is 59.1 Å². The Morgan fingerprint density at radius 2 is 1.89 bits per heavy atom. The molecule has 11 nitrogen and oxygen atoms in total. The van der Waals surface area contributed by atoms with E-state index in [1.54, 1.807) is 63.2 Å². The van der Waals surface area contributed by atoms with Crippen molar-refractivity contribution in [3.8, 4) is 11.5 Å². The van der Waals surface area contributed by atoms with Gasteiger partial charge in [0.2, 0.25) is 0 Å². The van der Waals surface area contributed by atoms with Gasteiger partial charge in [-0.1, -0.05) is 36.4 Å². The molecule has 234 valence electrons. The SMILES string of the molecule is CN1CC[C@]23c4c5ccc(O)c4O[C@H]2C(OC(=O)CC(NC(=O)C(O)c2ccccc2)C(=O)OC(C)(C)C)=CC[C@@]3(O)[C@H]1C5. The minimum Gasteiger partial charge on any atom is -0.504 e. The topological polar surface area (TPSA) is 155 Å². The highest BCUT2D eigenvalue weighted by atomic mass is 16.6. The van der Waals surface area contributed by atoms with Crippen LogP contribution in [-0.4, -0.2) is 81.0 Å². The Kier molecular flexibility index (Phi) is 7.26. The summed E-state index contributed by atoms with van der Waals surface area (Å²) >= 11 is 0. The molecule has 0 aromatic heterocycles. The maximum atomic E-state index is 13.4. The van der Waals surface area contributed by atoms with Crippen LogP contribution >= 0.6 is 0 Å². The molecule has 6 atom stereocenters. The maximum Gasteiger partial charge on any atom is 0.329 e. The number of hydrogen-bond acceptors (Lipinski definition) is 10. The van der Waals surface area contributed by atoms with Crippen LogP contribution in [0.1, 0.15) is 62.8 Å². The van der Waals surface area contributed by atoms with Crippen molar-refractivity contribution >= 4 is 17.8 Å². The molecular weight excluding hydrogens is 568 g/mol. The predicted octanol–water partition coefficient (Wildman–Crippen LogP) is 2.16. The molecule has 2 aliphatic heterocycles. The fourth-order valence-corrected chi connectivity index (χ4v) is 7.38. The highest BCUT2D eigenvalue weighted by Gasteiger charge is 2.72. The number of likely N-dealkylation sites (N-methyl/N-ethyl adjacent to an activating group) is 1. The lowest BCUT2D eigenvalue weighted by Gasteiger charge is -2.61. The largest absolute Gasteiger partial charge is 0.504 e. The zero-order valence-electron chi connectivity index (χ0n) is 25.2. The highest BCUT2D eigenvalue weighted by molar-refractivity contribution is 5.90. The first-order valence-corrected chi connectivity index (χ1v) is 14.9. The minimum atomic E-state index is -1.58. The molecule has 2 bridgehead atoms. The van der Waals surface area contributed by atoms with Crippen LogP contribution < -0.4 is 10.1 Å². The molecule has 4 aliphatic rings. The molecule has 6 rings (SSSR count). The molecule has 1 saturated heterocycles. The lowest BCUT2D eigenvalue weighted by Crippen LogP contribution is -2.74. The Hall–Kier alpha value is -3.93. The number of amides is 1. The molecule has 11 heteroatoms. The zero-order chi connectivity index (χ0) is 31.6. The standard InChI is InChI=1S/C33H38N2O9/c1-31(2,3)44-30(40)20(34-29(39)26(38)18-8-6-5-7-9-18)17-24(37)42-22-12-13-33(41)23-16-19-10-11-21(36)27-25(19)32(33,28(22)43-27)14-15-35(23)4/h5-12,20,23,26,28,36,38,41H,13-17H2,1-4H3,(H,34,39)/t20?,23-,26?,28+,32+,33-/m1/s1. The van der Waals surface area contributed by atoms with Crippen LogP contribution in [0.5, 0.6) is 11.5 Å². The predicted molar refractivity (Wildman–Crippen MR) is 156 cm³/mol. The number of aromatic hydroxyl groups is 1. The van der Waals surface area contributed by atoms with Crippen LogP contribution in [0.4, 0.5) is 0 Å². The summed E-state index contributed by atoms with van der Waals surface area (Å²) in [4.78, 5) is 41.7. The minimum absolute atomic E-state index is 0.0531. The number of carbonyl (C=O) groups is 3. The second-order valence-electron chi connectivity index (χ2n) is 13.2. The van der Waals surface area contributed by atoms with E-state index in [4.69, 9.17) is 14.2 Å². The second kappa shape index (κ2) is 10.6. The van der Waals surface area contributed by atoms with E-state index in [0.717, 1.165) is 11.1 Å². The van der Waals surface area contributed by atoms with Gasteiger partial charge in [0, 0.05) is 18.0 Å². The van der Waals surface area contributed by atoms with Gasteiger partial charge in [0.05, 0.1) is 17.4 Å². The van der Waals surface area contributed by atoms with Gasteiger partial charge >= 0.3 is 11.9 Å². The van der Waals surface area contributed by atoms with E-state index in [9.17, 15) is 29.7 Å². The van der Waals surface area contributed by atoms with Crippen molar-refractivity contribution < 1.29 is 43.9 Å². The van der Waals surface area contributed by atoms with Crippen LogP contribution in [0.15, 0.2) is 54.3 Å². The first-order chi connectivity index (χ1) is 20.7. The van der Waals surface area contributed by atoms with Gasteiger partial charge < -0.3 is 39.7 Å². The molecule has 0 radical (unpaired) electrons. The summed E-state index contributed by atoms with van der Waals surface area (Å²) in [6.07, 6.45) is -0.131. The Balaban J connectivity index is 1.26. The van der Waals surface area contributed by atoms with E-state index in [-0.39, 0.29) is 29.7 Å². The summed E-state index contributed by atoms with van der Waals surface area (Å²) in [6.45, 7) is 5.64. The highest BCUT2D eigenvalue weighted by Crippen LogP contribution is 2.65. The number of phenols is 1. The number of hydrogen-bond donors (Lipinski definition) is 4. The number of aliphatic hydroxyl groups is 2. The molecule has 0 saturated carbocycles. The quantitative estimate of drug-likeness (QED) is 0.345. The molecule has 44 heavy (non-hydrogen) atoms. The average Bonchev–Trinajstić information content (AvgIpc) is 3.33. The fourth-order valence-electron chi connectivity index (χ4n) is 7.38. The molecule has 1 spiro atoms. The van der Waals surface area contributed by atoms with Crippen molar-refractivity contribution in [2.75, 3.05) is 13.6 Å².